The van der Waals surface area contributed by atoms with Crippen LogP contribution in [-0.2, 0) is 18.2 Å². The summed E-state index contributed by atoms with van der Waals surface area (Å²) in [5, 5.41) is 10.2. The predicted molar refractivity (Wildman–Crippen MR) is 110 cm³/mol. The third-order valence-corrected chi connectivity index (χ3v) is 6.21. The van der Waals surface area contributed by atoms with Crippen molar-refractivity contribution in [3.63, 3.8) is 0 Å². The van der Waals surface area contributed by atoms with Crippen LogP contribution < -0.4 is 10.5 Å². The first kappa shape index (κ1) is 22.1. The lowest BCUT2D eigenvalue weighted by Crippen LogP contribution is -2.36. The van der Waals surface area contributed by atoms with Gasteiger partial charge in [-0.3, -0.25) is 9.78 Å². The van der Waals surface area contributed by atoms with Crippen molar-refractivity contribution in [2.45, 2.75) is 50.8 Å². The summed E-state index contributed by atoms with van der Waals surface area (Å²) >= 11 is 0. The average molecular weight is 448 g/mol. The van der Waals surface area contributed by atoms with E-state index in [4.69, 9.17) is 14.9 Å². The standard InChI is InChI=1S/C23H23F3N2O4/c1-13-17(21(27)30)18-15(32-13)5-6-16(19(18)22(9-11-29)7-3-8-22)31-12-14-4-2-10-28-20(14)23(24,25)26/h2,4-6,10,29H,3,7-9,11-12H2,1H3,(H2,27,30). The summed E-state index contributed by atoms with van der Waals surface area (Å²) in [7, 11) is 0. The van der Waals surface area contributed by atoms with Gasteiger partial charge in [-0.2, -0.15) is 13.2 Å². The molecule has 0 aliphatic heterocycles. The first-order chi connectivity index (χ1) is 15.2. The molecule has 2 heterocycles. The maximum absolute atomic E-state index is 13.4. The van der Waals surface area contributed by atoms with Crippen LogP contribution in [0.3, 0.4) is 0 Å². The molecule has 3 N–H and O–H groups in total. The number of nitrogens with two attached hydrogens (primary N) is 1. The number of fused-ring (bicyclic) bond motifs is 1. The molecule has 9 heteroatoms. The predicted octanol–water partition coefficient (Wildman–Crippen LogP) is 4.64. The molecule has 1 amide bonds. The number of furan rings is 1. The number of rotatable bonds is 7. The zero-order valence-electron chi connectivity index (χ0n) is 17.5. The molecule has 0 spiro atoms. The van der Waals surface area contributed by atoms with E-state index < -0.39 is 23.2 Å². The maximum atomic E-state index is 13.4. The molecule has 0 radical (unpaired) electrons. The minimum absolute atomic E-state index is 0.0839. The van der Waals surface area contributed by atoms with Crippen LogP contribution in [-0.4, -0.2) is 22.6 Å². The number of primary amides is 1. The van der Waals surface area contributed by atoms with Gasteiger partial charge in [-0.25, -0.2) is 0 Å². The molecule has 6 nitrogen and oxygen atoms in total. The number of aryl methyl sites for hydroxylation is 1. The van der Waals surface area contributed by atoms with Gasteiger partial charge in [-0.15, -0.1) is 0 Å². The number of carbonyl (C=O) groups is 1. The third kappa shape index (κ3) is 3.70. The number of alkyl halides is 3. The van der Waals surface area contributed by atoms with E-state index in [1.807, 2.05) is 0 Å². The van der Waals surface area contributed by atoms with Crippen LogP contribution in [0.4, 0.5) is 13.2 Å². The number of benzene rings is 1. The van der Waals surface area contributed by atoms with Crippen molar-refractivity contribution >= 4 is 16.9 Å². The molecule has 1 saturated carbocycles. The molecule has 0 bridgehead atoms. The second-order valence-corrected chi connectivity index (χ2v) is 8.11. The number of carbonyl (C=O) groups excluding carboxylic acids is 1. The van der Waals surface area contributed by atoms with E-state index >= 15 is 0 Å². The monoisotopic (exact) mass is 448 g/mol. The van der Waals surface area contributed by atoms with E-state index in [2.05, 4.69) is 4.98 Å². The van der Waals surface area contributed by atoms with Crippen molar-refractivity contribution in [3.05, 3.63) is 58.6 Å². The zero-order valence-corrected chi connectivity index (χ0v) is 17.5. The number of aliphatic hydroxyl groups excluding tert-OH is 1. The van der Waals surface area contributed by atoms with Gasteiger partial charge in [0.1, 0.15) is 23.7 Å². The Morgan fingerprint density at radius 2 is 2.06 bits per heavy atom. The molecule has 1 aromatic carbocycles. The topological polar surface area (TPSA) is 98.6 Å². The second-order valence-electron chi connectivity index (χ2n) is 8.11. The summed E-state index contributed by atoms with van der Waals surface area (Å²) in [6.07, 6.45) is -0.704. The van der Waals surface area contributed by atoms with Crippen molar-refractivity contribution in [1.82, 2.24) is 4.98 Å². The van der Waals surface area contributed by atoms with E-state index in [0.29, 0.717) is 34.5 Å². The number of halogens is 3. The van der Waals surface area contributed by atoms with E-state index in [1.165, 1.54) is 12.1 Å². The number of pyridine rings is 1. The molecule has 1 fully saturated rings. The Kier molecular flexibility index (Phi) is 5.62. The number of aromatic nitrogens is 1. The maximum Gasteiger partial charge on any atom is 0.433 e. The highest BCUT2D eigenvalue weighted by Crippen LogP contribution is 2.53. The number of hydrogen-bond donors (Lipinski definition) is 2. The van der Waals surface area contributed by atoms with E-state index in [0.717, 1.165) is 25.5 Å². The van der Waals surface area contributed by atoms with Crippen LogP contribution in [0.15, 0.2) is 34.9 Å². The van der Waals surface area contributed by atoms with Gasteiger partial charge >= 0.3 is 6.18 Å². The van der Waals surface area contributed by atoms with E-state index in [9.17, 15) is 23.1 Å². The quantitative estimate of drug-likeness (QED) is 0.549. The molecule has 0 unspecified atom stereocenters. The molecular weight excluding hydrogens is 425 g/mol. The van der Waals surface area contributed by atoms with Crippen molar-refractivity contribution in [2.75, 3.05) is 6.61 Å². The van der Waals surface area contributed by atoms with Crippen LogP contribution in [0.1, 0.15) is 58.6 Å². The fourth-order valence-electron chi connectivity index (χ4n) is 4.64. The largest absolute Gasteiger partial charge is 0.488 e. The van der Waals surface area contributed by atoms with Gasteiger partial charge in [0.05, 0.1) is 5.56 Å². The van der Waals surface area contributed by atoms with Crippen LogP contribution in [0, 0.1) is 6.92 Å². The third-order valence-electron chi connectivity index (χ3n) is 6.21. The Morgan fingerprint density at radius 3 is 2.66 bits per heavy atom. The summed E-state index contributed by atoms with van der Waals surface area (Å²) in [6, 6.07) is 5.98. The van der Waals surface area contributed by atoms with Gasteiger partial charge in [0.25, 0.3) is 5.91 Å². The highest BCUT2D eigenvalue weighted by atomic mass is 19.4. The van der Waals surface area contributed by atoms with Gasteiger partial charge in [0.15, 0.2) is 5.69 Å². The summed E-state index contributed by atoms with van der Waals surface area (Å²) in [4.78, 5) is 15.7. The highest BCUT2D eigenvalue weighted by molar-refractivity contribution is 6.08. The molecule has 0 saturated heterocycles. The number of ether oxygens (including phenoxy) is 1. The minimum atomic E-state index is -4.61. The Balaban J connectivity index is 1.85. The summed E-state index contributed by atoms with van der Waals surface area (Å²) in [6.45, 7) is 1.19. The number of aliphatic hydroxyl groups is 1. The summed E-state index contributed by atoms with van der Waals surface area (Å²) < 4.78 is 51.7. The molecular formula is C23H23F3N2O4. The van der Waals surface area contributed by atoms with E-state index in [1.54, 1.807) is 19.1 Å². The highest BCUT2D eigenvalue weighted by Gasteiger charge is 2.43. The Hall–Kier alpha value is -3.07. The van der Waals surface area contributed by atoms with Crippen LogP contribution in [0.5, 0.6) is 5.75 Å². The normalized spacial score (nSPS) is 15.5. The average Bonchev–Trinajstić information content (AvgIpc) is 3.04. The van der Waals surface area contributed by atoms with Crippen molar-refractivity contribution < 1.29 is 32.2 Å². The van der Waals surface area contributed by atoms with Crippen LogP contribution in [0.25, 0.3) is 11.0 Å². The van der Waals surface area contributed by atoms with Crippen molar-refractivity contribution in [3.8, 4) is 5.75 Å². The SMILES string of the molecule is Cc1oc2ccc(OCc3cccnc3C(F)(F)F)c(C3(CCO)CCC3)c2c1C(N)=O. The van der Waals surface area contributed by atoms with E-state index in [-0.39, 0.29) is 24.3 Å². The molecule has 0 atom stereocenters. The molecule has 4 rings (SSSR count). The lowest BCUT2D eigenvalue weighted by molar-refractivity contribution is -0.142. The van der Waals surface area contributed by atoms with Gasteiger partial charge in [0.2, 0.25) is 0 Å². The lowest BCUT2D eigenvalue weighted by atomic mass is 9.61. The smallest absolute Gasteiger partial charge is 0.433 e. The molecule has 1 aliphatic carbocycles. The van der Waals surface area contributed by atoms with Crippen LogP contribution >= 0.6 is 0 Å². The Morgan fingerprint density at radius 1 is 1.31 bits per heavy atom. The lowest BCUT2D eigenvalue weighted by Gasteiger charge is -2.43. The number of amides is 1. The summed E-state index contributed by atoms with van der Waals surface area (Å²) in [5.74, 6) is 0.0339. The van der Waals surface area contributed by atoms with Gasteiger partial charge < -0.3 is 20.0 Å². The molecule has 32 heavy (non-hydrogen) atoms. The summed E-state index contributed by atoms with van der Waals surface area (Å²) in [5.41, 5.74) is 5.36. The number of nitrogens with zero attached hydrogens (tertiary/aromatic N) is 1. The fourth-order valence-corrected chi connectivity index (χ4v) is 4.64. The first-order valence-corrected chi connectivity index (χ1v) is 10.3. The fraction of sp³-hybridized carbons (Fsp3) is 0.391. The molecule has 3 aromatic rings. The molecule has 170 valence electrons. The molecule has 2 aromatic heterocycles. The second kappa shape index (κ2) is 8.12. The molecule has 1 aliphatic rings. The Labute approximate surface area is 182 Å². The first-order valence-electron chi connectivity index (χ1n) is 10.3. The van der Waals surface area contributed by atoms with Gasteiger partial charge in [0, 0.05) is 34.7 Å². The zero-order chi connectivity index (χ0) is 23.1. The van der Waals surface area contributed by atoms with Gasteiger partial charge in [-0.1, -0.05) is 12.5 Å². The number of hydrogen-bond acceptors (Lipinski definition) is 5. The van der Waals surface area contributed by atoms with Crippen LogP contribution in [0.2, 0.25) is 0 Å². The van der Waals surface area contributed by atoms with Crippen molar-refractivity contribution in [2.24, 2.45) is 5.73 Å². The minimum Gasteiger partial charge on any atom is -0.488 e. The Bertz CT molecular complexity index is 1170. The van der Waals surface area contributed by atoms with Crippen molar-refractivity contribution in [1.29, 1.82) is 0 Å². The van der Waals surface area contributed by atoms with Gasteiger partial charge in [-0.05, 0) is 44.4 Å².